The van der Waals surface area contributed by atoms with Gasteiger partial charge in [0.05, 0.1) is 19.1 Å². The first-order valence-corrected chi connectivity index (χ1v) is 10.3. The second kappa shape index (κ2) is 8.94. The van der Waals surface area contributed by atoms with Gasteiger partial charge in [0.1, 0.15) is 0 Å². The molecule has 0 spiro atoms. The van der Waals surface area contributed by atoms with Gasteiger partial charge in [-0.2, -0.15) is 5.10 Å². The summed E-state index contributed by atoms with van der Waals surface area (Å²) in [6.45, 7) is 6.50. The Morgan fingerprint density at radius 3 is 2.97 bits per heavy atom. The van der Waals surface area contributed by atoms with Gasteiger partial charge in [-0.3, -0.25) is 4.68 Å². The molecule has 0 amide bonds. The van der Waals surface area contributed by atoms with E-state index in [-0.39, 0.29) is 0 Å². The first kappa shape index (κ1) is 19.2. The van der Waals surface area contributed by atoms with Crippen LogP contribution in [0.1, 0.15) is 36.0 Å². The van der Waals surface area contributed by atoms with Crippen molar-refractivity contribution in [2.45, 2.75) is 32.4 Å². The third-order valence-electron chi connectivity index (χ3n) is 5.35. The Balaban J connectivity index is 1.42. The van der Waals surface area contributed by atoms with Crippen molar-refractivity contribution >= 4 is 5.96 Å². The van der Waals surface area contributed by atoms with Crippen LogP contribution in [-0.4, -0.2) is 49.8 Å². The maximum atomic E-state index is 4.93. The zero-order chi connectivity index (χ0) is 20.1. The highest BCUT2D eigenvalue weighted by Crippen LogP contribution is 2.26. The molecule has 1 atom stereocenters. The molecule has 0 aliphatic carbocycles. The van der Waals surface area contributed by atoms with Gasteiger partial charge in [0.2, 0.25) is 0 Å². The Morgan fingerprint density at radius 1 is 1.31 bits per heavy atom. The summed E-state index contributed by atoms with van der Waals surface area (Å²) in [5.74, 6) is 1.52. The third-order valence-corrected chi connectivity index (χ3v) is 5.35. The molecule has 1 N–H and O–H groups in total. The average molecular weight is 392 g/mol. The first-order chi connectivity index (χ1) is 14.2. The number of hydrogen-bond acceptors (Lipinski definition) is 3. The number of nitrogens with zero attached hydrogens (tertiary/aromatic N) is 6. The van der Waals surface area contributed by atoms with Gasteiger partial charge in [-0.05, 0) is 30.0 Å². The van der Waals surface area contributed by atoms with E-state index in [1.54, 1.807) is 0 Å². The fourth-order valence-corrected chi connectivity index (χ4v) is 3.89. The number of imidazole rings is 1. The Labute approximate surface area is 172 Å². The summed E-state index contributed by atoms with van der Waals surface area (Å²) in [6, 6.07) is 8.64. The number of aryl methyl sites for hydroxylation is 1. The van der Waals surface area contributed by atoms with Gasteiger partial charge in [-0.1, -0.05) is 24.3 Å². The van der Waals surface area contributed by atoms with Crippen LogP contribution in [0.5, 0.6) is 0 Å². The zero-order valence-corrected chi connectivity index (χ0v) is 17.2. The van der Waals surface area contributed by atoms with E-state index in [2.05, 4.69) is 62.3 Å². The molecule has 1 aliphatic rings. The van der Waals surface area contributed by atoms with Gasteiger partial charge in [-0.25, -0.2) is 9.98 Å². The van der Waals surface area contributed by atoms with Crippen molar-refractivity contribution in [1.29, 1.82) is 0 Å². The van der Waals surface area contributed by atoms with Gasteiger partial charge in [0.15, 0.2) is 5.96 Å². The van der Waals surface area contributed by atoms with E-state index >= 15 is 0 Å². The van der Waals surface area contributed by atoms with Crippen LogP contribution in [0, 0.1) is 0 Å². The summed E-state index contributed by atoms with van der Waals surface area (Å²) in [7, 11) is 1.97. The van der Waals surface area contributed by atoms with Crippen molar-refractivity contribution < 1.29 is 0 Å². The van der Waals surface area contributed by atoms with Gasteiger partial charge in [0, 0.05) is 57.7 Å². The monoisotopic (exact) mass is 391 g/mol. The molecule has 0 bridgehead atoms. The number of hydrogen-bond donors (Lipinski definition) is 1. The van der Waals surface area contributed by atoms with Gasteiger partial charge >= 0.3 is 0 Å². The van der Waals surface area contributed by atoms with Crippen molar-refractivity contribution in [3.63, 3.8) is 0 Å². The molecule has 1 aromatic carbocycles. The predicted octanol–water partition coefficient (Wildman–Crippen LogP) is 2.62. The van der Waals surface area contributed by atoms with Crippen LogP contribution in [0.4, 0.5) is 0 Å². The molecule has 29 heavy (non-hydrogen) atoms. The van der Waals surface area contributed by atoms with Crippen molar-refractivity contribution in [3.8, 4) is 0 Å². The number of rotatable bonds is 6. The van der Waals surface area contributed by atoms with E-state index in [0.717, 1.165) is 38.6 Å². The smallest absolute Gasteiger partial charge is 0.194 e. The number of aromatic nitrogens is 4. The third kappa shape index (κ3) is 4.85. The summed E-state index contributed by atoms with van der Waals surface area (Å²) in [6.07, 6.45) is 10.9. The van der Waals surface area contributed by atoms with Crippen molar-refractivity contribution in [1.82, 2.24) is 29.5 Å². The largest absolute Gasteiger partial charge is 0.357 e. The van der Waals surface area contributed by atoms with E-state index in [1.807, 2.05) is 36.6 Å². The SMILES string of the molecule is CCNC(=NCc1cccc(Cn2ccnc2)c1)N1CCC(c2cnn(C)c2)C1. The first-order valence-electron chi connectivity index (χ1n) is 10.3. The van der Waals surface area contributed by atoms with E-state index < -0.39 is 0 Å². The molecule has 1 saturated heterocycles. The Bertz CT molecular complexity index is 942. The number of likely N-dealkylation sites (tertiary alicyclic amines) is 1. The highest BCUT2D eigenvalue weighted by Gasteiger charge is 2.26. The minimum Gasteiger partial charge on any atom is -0.357 e. The average Bonchev–Trinajstić information content (AvgIpc) is 3.47. The molecule has 7 heteroatoms. The number of aliphatic imine (C=N–C) groups is 1. The molecule has 3 aromatic rings. The van der Waals surface area contributed by atoms with Gasteiger partial charge < -0.3 is 14.8 Å². The van der Waals surface area contributed by atoms with Crippen LogP contribution < -0.4 is 5.32 Å². The van der Waals surface area contributed by atoms with Crippen molar-refractivity contribution in [2.75, 3.05) is 19.6 Å². The summed E-state index contributed by atoms with van der Waals surface area (Å²) in [5.41, 5.74) is 3.80. The molecule has 1 unspecified atom stereocenters. The number of nitrogens with one attached hydrogen (secondary N) is 1. The molecular formula is C22H29N7. The lowest BCUT2D eigenvalue weighted by Gasteiger charge is -2.21. The van der Waals surface area contributed by atoms with E-state index in [9.17, 15) is 0 Å². The highest BCUT2D eigenvalue weighted by molar-refractivity contribution is 5.80. The molecule has 4 rings (SSSR count). The molecule has 0 radical (unpaired) electrons. The minimum absolute atomic E-state index is 0.520. The molecule has 0 saturated carbocycles. The summed E-state index contributed by atoms with van der Waals surface area (Å²) in [5, 5.41) is 7.79. The standard InChI is InChI=1S/C22H29N7/c1-3-24-22(29-9-7-20(16-29)21-13-26-27(2)15-21)25-12-18-5-4-6-19(11-18)14-28-10-8-23-17-28/h4-6,8,10-11,13,15,17,20H,3,7,9,12,14,16H2,1-2H3,(H,24,25). The van der Waals surface area contributed by atoms with Crippen LogP contribution in [0.3, 0.4) is 0 Å². The second-order valence-corrected chi connectivity index (χ2v) is 7.60. The van der Waals surface area contributed by atoms with Crippen LogP contribution in [0.25, 0.3) is 0 Å². The normalized spacial score (nSPS) is 17.1. The number of benzene rings is 1. The molecule has 152 valence electrons. The quantitative estimate of drug-likeness (QED) is 0.518. The second-order valence-electron chi connectivity index (χ2n) is 7.60. The Morgan fingerprint density at radius 2 is 2.21 bits per heavy atom. The van der Waals surface area contributed by atoms with E-state index in [0.29, 0.717) is 12.5 Å². The summed E-state index contributed by atoms with van der Waals surface area (Å²) < 4.78 is 3.96. The van der Waals surface area contributed by atoms with Crippen LogP contribution in [-0.2, 0) is 20.1 Å². The molecule has 1 fully saturated rings. The van der Waals surface area contributed by atoms with Crippen molar-refractivity contribution in [3.05, 3.63) is 72.1 Å². The molecule has 7 nitrogen and oxygen atoms in total. The highest BCUT2D eigenvalue weighted by atomic mass is 15.3. The zero-order valence-electron chi connectivity index (χ0n) is 17.2. The van der Waals surface area contributed by atoms with Crippen LogP contribution >= 0.6 is 0 Å². The lowest BCUT2D eigenvalue weighted by molar-refractivity contribution is 0.486. The fraction of sp³-hybridized carbons (Fsp3) is 0.409. The summed E-state index contributed by atoms with van der Waals surface area (Å²) >= 11 is 0. The van der Waals surface area contributed by atoms with Crippen LogP contribution in [0.2, 0.25) is 0 Å². The lowest BCUT2D eigenvalue weighted by atomic mass is 10.0. The summed E-state index contributed by atoms with van der Waals surface area (Å²) in [4.78, 5) is 11.4. The van der Waals surface area contributed by atoms with Gasteiger partial charge in [-0.15, -0.1) is 0 Å². The molecule has 3 heterocycles. The topological polar surface area (TPSA) is 63.3 Å². The fourth-order valence-electron chi connectivity index (χ4n) is 3.89. The van der Waals surface area contributed by atoms with Crippen LogP contribution in [0.15, 0.2) is 60.4 Å². The maximum Gasteiger partial charge on any atom is 0.194 e. The number of guanidine groups is 1. The molecule has 1 aliphatic heterocycles. The molecule has 2 aromatic heterocycles. The van der Waals surface area contributed by atoms with E-state index in [1.165, 1.54) is 16.7 Å². The van der Waals surface area contributed by atoms with E-state index in [4.69, 9.17) is 4.99 Å². The lowest BCUT2D eigenvalue weighted by Crippen LogP contribution is -2.40. The van der Waals surface area contributed by atoms with Crippen molar-refractivity contribution in [2.24, 2.45) is 12.0 Å². The predicted molar refractivity (Wildman–Crippen MR) is 115 cm³/mol. The Hall–Kier alpha value is -3.09. The maximum absolute atomic E-state index is 4.93. The Kier molecular flexibility index (Phi) is 5.93. The minimum atomic E-state index is 0.520. The van der Waals surface area contributed by atoms with Gasteiger partial charge in [0.25, 0.3) is 0 Å². The molecular weight excluding hydrogens is 362 g/mol.